The van der Waals surface area contributed by atoms with Crippen molar-refractivity contribution in [1.29, 1.82) is 0 Å². The Balaban J connectivity index is 2.41. The van der Waals surface area contributed by atoms with Gasteiger partial charge in [0.05, 0.1) is 21.8 Å². The summed E-state index contributed by atoms with van der Waals surface area (Å²) in [4.78, 5) is 28.1. The van der Waals surface area contributed by atoms with Crippen LogP contribution < -0.4 is 10.6 Å². The molecular weight excluding hydrogens is 370 g/mol. The number of nitrogens with zero attached hydrogens (tertiary/aromatic N) is 2. The van der Waals surface area contributed by atoms with Gasteiger partial charge < -0.3 is 15.7 Å². The number of nitrogens with two attached hydrogens (primary N) is 1. The average molecular weight is 379 g/mol. The van der Waals surface area contributed by atoms with Gasteiger partial charge in [-0.05, 0) is 31.9 Å². The van der Waals surface area contributed by atoms with Gasteiger partial charge in [0.15, 0.2) is 0 Å². The molecule has 6 nitrogen and oxygen atoms in total. The van der Waals surface area contributed by atoms with Crippen molar-refractivity contribution in [3.63, 3.8) is 0 Å². The Bertz CT molecular complexity index is 535. The van der Waals surface area contributed by atoms with Gasteiger partial charge in [0.2, 0.25) is 5.91 Å². The van der Waals surface area contributed by atoms with E-state index in [1.54, 1.807) is 0 Å². The van der Waals surface area contributed by atoms with Crippen LogP contribution in [0.1, 0.15) is 6.42 Å². The minimum absolute atomic E-state index is 0.0127. The van der Waals surface area contributed by atoms with E-state index in [0.717, 1.165) is 0 Å². The number of carboxylic acids is 1. The van der Waals surface area contributed by atoms with Gasteiger partial charge in [-0.15, -0.1) is 0 Å². The Hall–Kier alpha value is -1.15. The van der Waals surface area contributed by atoms with E-state index in [-0.39, 0.29) is 18.9 Å². The van der Waals surface area contributed by atoms with Gasteiger partial charge in [-0.25, -0.2) is 4.98 Å². The number of rotatable bonds is 2. The summed E-state index contributed by atoms with van der Waals surface area (Å²) in [7, 11) is 0. The Kier molecular flexibility index (Phi) is 3.58. The lowest BCUT2D eigenvalue weighted by molar-refractivity contribution is -0.141. The Labute approximate surface area is 119 Å². The van der Waals surface area contributed by atoms with Crippen LogP contribution in [0.15, 0.2) is 15.3 Å². The smallest absolute Gasteiger partial charge is 0.308 e. The van der Waals surface area contributed by atoms with Crippen molar-refractivity contribution in [2.24, 2.45) is 5.92 Å². The number of aromatic nitrogens is 1. The molecule has 1 amide bonds. The van der Waals surface area contributed by atoms with E-state index in [0.29, 0.717) is 20.5 Å². The maximum atomic E-state index is 11.9. The molecule has 0 spiro atoms. The highest BCUT2D eigenvalue weighted by Crippen LogP contribution is 2.38. The van der Waals surface area contributed by atoms with Crippen molar-refractivity contribution in [1.82, 2.24) is 4.98 Å². The minimum Gasteiger partial charge on any atom is -0.481 e. The van der Waals surface area contributed by atoms with Crippen molar-refractivity contribution >= 4 is 55.1 Å². The van der Waals surface area contributed by atoms with Gasteiger partial charge >= 0.3 is 5.97 Å². The van der Waals surface area contributed by atoms with E-state index >= 15 is 0 Å². The highest BCUT2D eigenvalue weighted by atomic mass is 79.9. The highest BCUT2D eigenvalue weighted by molar-refractivity contribution is 9.11. The molecular formula is C10H9Br2N3O3. The number of hydrogen-bond donors (Lipinski definition) is 2. The molecule has 1 aromatic rings. The summed E-state index contributed by atoms with van der Waals surface area (Å²) in [6.45, 7) is 0.118. The van der Waals surface area contributed by atoms with Crippen LogP contribution in [0.3, 0.4) is 0 Å². The van der Waals surface area contributed by atoms with Crippen molar-refractivity contribution in [2.75, 3.05) is 17.2 Å². The quantitative estimate of drug-likeness (QED) is 0.762. The molecule has 18 heavy (non-hydrogen) atoms. The number of anilines is 2. The zero-order valence-corrected chi connectivity index (χ0v) is 12.2. The second-order valence-corrected chi connectivity index (χ2v) is 5.51. The zero-order valence-electron chi connectivity index (χ0n) is 9.06. The molecule has 8 heteroatoms. The minimum atomic E-state index is -0.978. The predicted octanol–water partition coefficient (Wildman–Crippen LogP) is 1.63. The van der Waals surface area contributed by atoms with E-state index in [1.165, 1.54) is 11.1 Å². The molecule has 2 rings (SSSR count). The van der Waals surface area contributed by atoms with Crippen LogP contribution in [-0.4, -0.2) is 28.5 Å². The molecule has 1 aromatic heterocycles. The standard InChI is InChI=1S/C10H9Br2N3O3/c11-5-2-14-9(12)7(13)8(5)15-3-4(10(17)18)1-6(15)16/h2,4H,1,3,13H2,(H,17,18). The highest BCUT2D eigenvalue weighted by Gasteiger charge is 2.37. The molecule has 1 saturated heterocycles. The Morgan fingerprint density at radius 2 is 2.22 bits per heavy atom. The summed E-state index contributed by atoms with van der Waals surface area (Å²) in [5.41, 5.74) is 6.64. The van der Waals surface area contributed by atoms with Crippen molar-refractivity contribution in [3.05, 3.63) is 15.3 Å². The van der Waals surface area contributed by atoms with Crippen molar-refractivity contribution in [2.45, 2.75) is 6.42 Å². The first kappa shape index (κ1) is 13.3. The maximum absolute atomic E-state index is 11.9. The first-order valence-electron chi connectivity index (χ1n) is 5.04. The number of hydrogen-bond acceptors (Lipinski definition) is 4. The van der Waals surface area contributed by atoms with E-state index in [4.69, 9.17) is 10.8 Å². The number of pyridine rings is 1. The number of aliphatic carboxylic acids is 1. The summed E-state index contributed by atoms with van der Waals surface area (Å²) in [6.07, 6.45) is 1.50. The third-order valence-corrected chi connectivity index (χ3v) is 3.95. The summed E-state index contributed by atoms with van der Waals surface area (Å²) in [5.74, 6) is -1.93. The molecule has 2 heterocycles. The van der Waals surface area contributed by atoms with Gasteiger partial charge in [0, 0.05) is 19.2 Å². The van der Waals surface area contributed by atoms with Gasteiger partial charge in [-0.3, -0.25) is 9.59 Å². The molecule has 1 atom stereocenters. The lowest BCUT2D eigenvalue weighted by atomic mass is 10.1. The van der Waals surface area contributed by atoms with Crippen LogP contribution in [0, 0.1) is 5.92 Å². The predicted molar refractivity (Wildman–Crippen MR) is 72.1 cm³/mol. The fourth-order valence-corrected chi connectivity index (χ4v) is 2.65. The molecule has 1 aliphatic rings. The van der Waals surface area contributed by atoms with Crippen LogP contribution in [-0.2, 0) is 9.59 Å². The zero-order chi connectivity index (χ0) is 13.4. The van der Waals surface area contributed by atoms with Crippen molar-refractivity contribution < 1.29 is 14.7 Å². The Morgan fingerprint density at radius 1 is 1.56 bits per heavy atom. The second kappa shape index (κ2) is 4.85. The first-order valence-corrected chi connectivity index (χ1v) is 6.63. The molecule has 0 aliphatic carbocycles. The van der Waals surface area contributed by atoms with Crippen LogP contribution in [0.5, 0.6) is 0 Å². The van der Waals surface area contributed by atoms with E-state index in [9.17, 15) is 9.59 Å². The lowest BCUT2D eigenvalue weighted by Gasteiger charge is -2.20. The normalized spacial score (nSPS) is 19.3. The van der Waals surface area contributed by atoms with E-state index in [2.05, 4.69) is 36.8 Å². The molecule has 1 aliphatic heterocycles. The summed E-state index contributed by atoms with van der Waals surface area (Å²) in [5, 5.41) is 8.95. The molecule has 0 bridgehead atoms. The average Bonchev–Trinajstić information content (AvgIpc) is 2.67. The molecule has 96 valence electrons. The third kappa shape index (κ3) is 2.22. The summed E-state index contributed by atoms with van der Waals surface area (Å²) < 4.78 is 0.981. The number of carbonyl (C=O) groups excluding carboxylic acids is 1. The molecule has 1 unspecified atom stereocenters. The number of halogens is 2. The molecule has 0 saturated carbocycles. The molecule has 3 N–H and O–H groups in total. The fourth-order valence-electron chi connectivity index (χ4n) is 1.83. The third-order valence-electron chi connectivity index (χ3n) is 2.74. The molecule has 0 radical (unpaired) electrons. The summed E-state index contributed by atoms with van der Waals surface area (Å²) in [6, 6.07) is 0. The van der Waals surface area contributed by atoms with E-state index in [1.807, 2.05) is 0 Å². The second-order valence-electron chi connectivity index (χ2n) is 3.90. The molecule has 1 fully saturated rings. The van der Waals surface area contributed by atoms with Crippen molar-refractivity contribution in [3.8, 4) is 0 Å². The maximum Gasteiger partial charge on any atom is 0.308 e. The summed E-state index contributed by atoms with van der Waals surface area (Å²) >= 11 is 6.45. The number of carboxylic acid groups (broad SMARTS) is 1. The topological polar surface area (TPSA) is 96.5 Å². The fraction of sp³-hybridized carbons (Fsp3) is 0.300. The first-order chi connectivity index (χ1) is 8.41. The van der Waals surface area contributed by atoms with Gasteiger partial charge in [-0.2, -0.15) is 0 Å². The van der Waals surface area contributed by atoms with Gasteiger partial charge in [-0.1, -0.05) is 0 Å². The Morgan fingerprint density at radius 3 is 2.78 bits per heavy atom. The lowest BCUT2D eigenvalue weighted by Crippen LogP contribution is -2.27. The SMILES string of the molecule is Nc1c(Br)ncc(Br)c1N1CC(C(=O)O)CC1=O. The number of carbonyl (C=O) groups is 2. The van der Waals surface area contributed by atoms with Gasteiger partial charge in [0.1, 0.15) is 4.60 Å². The van der Waals surface area contributed by atoms with Crippen LogP contribution in [0.4, 0.5) is 11.4 Å². The van der Waals surface area contributed by atoms with E-state index < -0.39 is 11.9 Å². The molecule has 0 aromatic carbocycles. The number of nitrogen functional groups attached to an aromatic ring is 1. The largest absolute Gasteiger partial charge is 0.481 e. The monoisotopic (exact) mass is 377 g/mol. The van der Waals surface area contributed by atoms with Crippen LogP contribution in [0.25, 0.3) is 0 Å². The number of amides is 1. The van der Waals surface area contributed by atoms with Crippen LogP contribution in [0.2, 0.25) is 0 Å². The van der Waals surface area contributed by atoms with Crippen LogP contribution >= 0.6 is 31.9 Å². The van der Waals surface area contributed by atoms with Gasteiger partial charge in [0.25, 0.3) is 0 Å².